The number of ether oxygens (including phenoxy) is 1. The molecular weight excluding hydrogens is 338 g/mol. The van der Waals surface area contributed by atoms with Gasteiger partial charge in [-0.25, -0.2) is 4.98 Å². The van der Waals surface area contributed by atoms with Crippen LogP contribution in [0.5, 0.6) is 5.88 Å². The van der Waals surface area contributed by atoms with Gasteiger partial charge in [-0.1, -0.05) is 12.1 Å². The monoisotopic (exact) mass is 353 g/mol. The predicted molar refractivity (Wildman–Crippen MR) is 91.5 cm³/mol. The van der Waals surface area contributed by atoms with Crippen molar-refractivity contribution in [2.75, 3.05) is 17.2 Å². The lowest BCUT2D eigenvalue weighted by Gasteiger charge is -2.26. The molecule has 1 aromatic heterocycles. The molecule has 1 atom stereocenters. The second kappa shape index (κ2) is 6.36. The fourth-order valence-corrected chi connectivity index (χ4v) is 2.75. The number of aromatic nitrogens is 1. The number of para-hydroxylation sites is 1. The molecule has 3 amide bonds. The van der Waals surface area contributed by atoms with Crippen molar-refractivity contribution >= 4 is 29.1 Å². The normalized spacial score (nSPS) is 17.6. The van der Waals surface area contributed by atoms with Crippen LogP contribution in [0.3, 0.4) is 0 Å². The molecule has 132 valence electrons. The molecule has 4 N–H and O–H groups in total. The minimum Gasteiger partial charge on any atom is -0.466 e. The summed E-state index contributed by atoms with van der Waals surface area (Å²) in [4.78, 5) is 39.9. The molecule has 0 fully saturated rings. The van der Waals surface area contributed by atoms with Crippen LogP contribution in [0.2, 0.25) is 0 Å². The third-order valence-electron chi connectivity index (χ3n) is 4.00. The second-order valence-corrected chi connectivity index (χ2v) is 5.85. The van der Waals surface area contributed by atoms with Crippen LogP contribution in [0, 0.1) is 0 Å². The number of nitrogens with one attached hydrogen (secondary N) is 4. The Hall–Kier alpha value is -3.62. The maximum atomic E-state index is 12.4. The van der Waals surface area contributed by atoms with Crippen molar-refractivity contribution in [3.8, 4) is 5.88 Å². The Bertz CT molecular complexity index is 914. The molecule has 0 bridgehead atoms. The van der Waals surface area contributed by atoms with E-state index in [0.29, 0.717) is 28.4 Å². The smallest absolute Gasteiger partial charge is 0.263 e. The topological polar surface area (TPSA) is 121 Å². The molecule has 26 heavy (non-hydrogen) atoms. The van der Waals surface area contributed by atoms with Crippen molar-refractivity contribution < 1.29 is 19.1 Å². The van der Waals surface area contributed by atoms with E-state index in [9.17, 15) is 14.4 Å². The van der Waals surface area contributed by atoms with Gasteiger partial charge in [0.15, 0.2) is 12.8 Å². The summed E-state index contributed by atoms with van der Waals surface area (Å²) in [5.41, 5.74) is 2.24. The first-order valence-corrected chi connectivity index (χ1v) is 7.96. The maximum Gasteiger partial charge on any atom is 0.263 e. The van der Waals surface area contributed by atoms with Gasteiger partial charge in [-0.15, -0.1) is 0 Å². The summed E-state index contributed by atoms with van der Waals surface area (Å²) in [6.45, 7) is 0.120. The van der Waals surface area contributed by atoms with Crippen LogP contribution in [-0.2, 0) is 16.1 Å². The zero-order chi connectivity index (χ0) is 18.1. The molecule has 3 heterocycles. The first-order chi connectivity index (χ1) is 12.6. The largest absolute Gasteiger partial charge is 0.466 e. The van der Waals surface area contributed by atoms with Gasteiger partial charge in [-0.2, -0.15) is 0 Å². The third-order valence-corrected chi connectivity index (χ3v) is 4.00. The van der Waals surface area contributed by atoms with E-state index >= 15 is 0 Å². The van der Waals surface area contributed by atoms with Crippen molar-refractivity contribution in [3.63, 3.8) is 0 Å². The lowest BCUT2D eigenvalue weighted by atomic mass is 10.1. The number of carbonyl (C=O) groups is 3. The number of benzene rings is 1. The van der Waals surface area contributed by atoms with Gasteiger partial charge in [0.1, 0.15) is 5.69 Å². The lowest BCUT2D eigenvalue weighted by Crippen LogP contribution is -2.53. The van der Waals surface area contributed by atoms with Gasteiger partial charge in [-0.05, 0) is 23.8 Å². The summed E-state index contributed by atoms with van der Waals surface area (Å²) in [7, 11) is 0. The van der Waals surface area contributed by atoms with Crippen LogP contribution >= 0.6 is 0 Å². The third kappa shape index (κ3) is 3.02. The molecule has 2 aromatic rings. The molecule has 4 rings (SSSR count). The Morgan fingerprint density at radius 2 is 2.08 bits per heavy atom. The molecule has 0 saturated carbocycles. The average molecular weight is 353 g/mol. The minimum absolute atomic E-state index is 0.0649. The van der Waals surface area contributed by atoms with Gasteiger partial charge in [0, 0.05) is 18.4 Å². The molecule has 1 unspecified atom stereocenters. The number of fused-ring (bicyclic) bond motifs is 2. The number of hydrogen-bond acceptors (Lipinski definition) is 6. The molecule has 2 aliphatic heterocycles. The first kappa shape index (κ1) is 15.9. The Morgan fingerprint density at radius 3 is 2.96 bits per heavy atom. The lowest BCUT2D eigenvalue weighted by molar-refractivity contribution is -0.122. The summed E-state index contributed by atoms with van der Waals surface area (Å²) < 4.78 is 5.19. The van der Waals surface area contributed by atoms with E-state index in [4.69, 9.17) is 4.74 Å². The molecule has 9 nitrogen and oxygen atoms in total. The molecule has 2 aliphatic rings. The quantitative estimate of drug-likeness (QED) is 0.626. The van der Waals surface area contributed by atoms with E-state index in [2.05, 4.69) is 26.3 Å². The average Bonchev–Trinajstić information content (AvgIpc) is 2.65. The number of hydrogen-bond donors (Lipinski definition) is 4. The van der Waals surface area contributed by atoms with Gasteiger partial charge in [0.2, 0.25) is 5.88 Å². The highest BCUT2D eigenvalue weighted by Crippen LogP contribution is 2.25. The number of pyridine rings is 1. The van der Waals surface area contributed by atoms with E-state index in [1.807, 2.05) is 0 Å². The number of rotatable bonds is 3. The van der Waals surface area contributed by atoms with Crippen molar-refractivity contribution in [2.45, 2.75) is 12.7 Å². The zero-order valence-electron chi connectivity index (χ0n) is 13.5. The second-order valence-electron chi connectivity index (χ2n) is 5.85. The predicted octanol–water partition coefficient (Wildman–Crippen LogP) is 0.210. The highest BCUT2D eigenvalue weighted by Gasteiger charge is 2.28. The Morgan fingerprint density at radius 1 is 1.23 bits per heavy atom. The van der Waals surface area contributed by atoms with Gasteiger partial charge < -0.3 is 26.0 Å². The van der Waals surface area contributed by atoms with Gasteiger partial charge in [0.25, 0.3) is 17.7 Å². The maximum absolute atomic E-state index is 12.4. The standard InChI is InChI=1S/C17H15N5O4/c23-13-8-26-17-12(20-13)5-9(7-19-17)6-18-16(25)14-21-11-4-2-1-3-10(11)15(24)22-14/h1-5,7,14,21H,6,8H2,(H,18,25)(H,20,23)(H,22,24). The van der Waals surface area contributed by atoms with Crippen molar-refractivity contribution in [3.05, 3.63) is 47.7 Å². The summed E-state index contributed by atoms with van der Waals surface area (Å²) in [5, 5.41) is 11.0. The summed E-state index contributed by atoms with van der Waals surface area (Å²) in [6.07, 6.45) is 0.685. The van der Waals surface area contributed by atoms with E-state index in [-0.39, 0.29) is 30.9 Å². The van der Waals surface area contributed by atoms with Crippen LogP contribution in [0.25, 0.3) is 0 Å². The number of nitrogens with zero attached hydrogens (tertiary/aromatic N) is 1. The van der Waals surface area contributed by atoms with Crippen molar-refractivity contribution in [2.24, 2.45) is 0 Å². The minimum atomic E-state index is -0.869. The number of carbonyl (C=O) groups excluding carboxylic acids is 3. The molecule has 0 saturated heterocycles. The van der Waals surface area contributed by atoms with Crippen molar-refractivity contribution in [1.82, 2.24) is 15.6 Å². The summed E-state index contributed by atoms with van der Waals surface area (Å²) >= 11 is 0. The number of amides is 3. The fraction of sp³-hybridized carbons (Fsp3) is 0.176. The molecule has 0 radical (unpaired) electrons. The first-order valence-electron chi connectivity index (χ1n) is 7.96. The molecule has 0 spiro atoms. The van der Waals surface area contributed by atoms with Crippen LogP contribution < -0.4 is 26.0 Å². The van der Waals surface area contributed by atoms with Crippen LogP contribution in [0.4, 0.5) is 11.4 Å². The SMILES string of the molecule is O=C1COc2ncc(CNC(=O)C3NC(=O)c4ccccc4N3)cc2N1. The van der Waals surface area contributed by atoms with Gasteiger partial charge >= 0.3 is 0 Å². The van der Waals surface area contributed by atoms with Gasteiger partial charge in [0.05, 0.1) is 5.56 Å². The number of anilines is 2. The van der Waals surface area contributed by atoms with E-state index < -0.39 is 6.17 Å². The Balaban J connectivity index is 1.41. The van der Waals surface area contributed by atoms with E-state index in [1.54, 1.807) is 36.5 Å². The van der Waals surface area contributed by atoms with Gasteiger partial charge in [-0.3, -0.25) is 14.4 Å². The highest BCUT2D eigenvalue weighted by atomic mass is 16.5. The van der Waals surface area contributed by atoms with Crippen LogP contribution in [0.15, 0.2) is 36.5 Å². The van der Waals surface area contributed by atoms with E-state index in [0.717, 1.165) is 0 Å². The summed E-state index contributed by atoms with van der Waals surface area (Å²) in [6, 6.07) is 8.65. The summed E-state index contributed by atoms with van der Waals surface area (Å²) in [5.74, 6) is -0.605. The molecule has 9 heteroatoms. The fourth-order valence-electron chi connectivity index (χ4n) is 2.75. The Kier molecular flexibility index (Phi) is 3.88. The molecule has 0 aliphatic carbocycles. The van der Waals surface area contributed by atoms with Crippen molar-refractivity contribution in [1.29, 1.82) is 0 Å². The zero-order valence-corrected chi connectivity index (χ0v) is 13.5. The highest BCUT2D eigenvalue weighted by molar-refractivity contribution is 6.05. The van der Waals surface area contributed by atoms with Crippen LogP contribution in [-0.4, -0.2) is 35.5 Å². The Labute approximate surface area is 148 Å². The van der Waals surface area contributed by atoms with E-state index in [1.165, 1.54) is 0 Å². The van der Waals surface area contributed by atoms with Crippen LogP contribution in [0.1, 0.15) is 15.9 Å². The molecule has 1 aromatic carbocycles. The molecular formula is C17H15N5O4.